The number of carbonyl (C=O) groups is 1. The number of fused-ring (bicyclic) bond motifs is 1. The SMILES string of the molecule is CN(C)c1ccc(-c2ccc3oc([C@H]4CCCN4C(=O)c4ccc(Cl)cc4)nc3c2)cc1. The van der Waals surface area contributed by atoms with Crippen molar-refractivity contribution in [3.63, 3.8) is 0 Å². The molecule has 162 valence electrons. The second-order valence-electron chi connectivity index (χ2n) is 8.34. The van der Waals surface area contributed by atoms with E-state index in [1.807, 2.05) is 37.2 Å². The Hall–Kier alpha value is -3.31. The monoisotopic (exact) mass is 445 g/mol. The smallest absolute Gasteiger partial charge is 0.254 e. The molecular weight excluding hydrogens is 422 g/mol. The number of nitrogens with zero attached hydrogens (tertiary/aromatic N) is 3. The minimum absolute atomic E-state index is 0.0203. The van der Waals surface area contributed by atoms with Crippen LogP contribution in [0.1, 0.15) is 35.1 Å². The van der Waals surface area contributed by atoms with Crippen LogP contribution in [0.25, 0.3) is 22.2 Å². The van der Waals surface area contributed by atoms with E-state index in [9.17, 15) is 4.79 Å². The fourth-order valence-corrected chi connectivity index (χ4v) is 4.37. The minimum atomic E-state index is -0.159. The molecule has 0 bridgehead atoms. The largest absolute Gasteiger partial charge is 0.438 e. The average molecular weight is 446 g/mol. The number of carbonyl (C=O) groups excluding carboxylic acids is 1. The number of hydrogen-bond donors (Lipinski definition) is 0. The molecule has 2 heterocycles. The van der Waals surface area contributed by atoms with Gasteiger partial charge in [0.15, 0.2) is 5.58 Å². The van der Waals surface area contributed by atoms with Gasteiger partial charge in [0.2, 0.25) is 5.89 Å². The third kappa shape index (κ3) is 3.84. The van der Waals surface area contributed by atoms with Crippen LogP contribution in [-0.4, -0.2) is 36.4 Å². The quantitative estimate of drug-likeness (QED) is 0.375. The van der Waals surface area contributed by atoms with Gasteiger partial charge in [0, 0.05) is 36.9 Å². The summed E-state index contributed by atoms with van der Waals surface area (Å²) < 4.78 is 6.10. The highest BCUT2D eigenvalue weighted by molar-refractivity contribution is 6.30. The molecule has 1 aliphatic heterocycles. The molecule has 0 saturated carbocycles. The normalized spacial score (nSPS) is 16.0. The van der Waals surface area contributed by atoms with Crippen molar-refractivity contribution in [3.05, 3.63) is 83.2 Å². The first-order chi connectivity index (χ1) is 15.5. The Kier molecular flexibility index (Phi) is 5.35. The van der Waals surface area contributed by atoms with Gasteiger partial charge in [-0.3, -0.25) is 4.79 Å². The molecule has 3 aromatic carbocycles. The maximum atomic E-state index is 13.1. The molecule has 5 rings (SSSR count). The summed E-state index contributed by atoms with van der Waals surface area (Å²) in [6.07, 6.45) is 1.76. The van der Waals surface area contributed by atoms with E-state index < -0.39 is 0 Å². The number of oxazole rings is 1. The van der Waals surface area contributed by atoms with Gasteiger partial charge in [-0.25, -0.2) is 4.98 Å². The first kappa shape index (κ1) is 20.6. The lowest BCUT2D eigenvalue weighted by Gasteiger charge is -2.22. The van der Waals surface area contributed by atoms with Gasteiger partial charge in [0.1, 0.15) is 11.6 Å². The average Bonchev–Trinajstić information content (AvgIpc) is 3.45. The Balaban J connectivity index is 1.42. The molecule has 0 radical (unpaired) electrons. The fourth-order valence-electron chi connectivity index (χ4n) is 4.24. The summed E-state index contributed by atoms with van der Waals surface area (Å²) in [5, 5.41) is 0.616. The highest BCUT2D eigenvalue weighted by Crippen LogP contribution is 2.35. The Bertz CT molecular complexity index is 1260. The Morgan fingerprint density at radius 3 is 2.47 bits per heavy atom. The molecule has 0 unspecified atom stereocenters. The second-order valence-corrected chi connectivity index (χ2v) is 8.78. The van der Waals surface area contributed by atoms with E-state index in [0.717, 1.165) is 40.8 Å². The Morgan fingerprint density at radius 1 is 1.03 bits per heavy atom. The molecular formula is C26H24ClN3O2. The Labute approximate surface area is 192 Å². The summed E-state index contributed by atoms with van der Waals surface area (Å²) in [4.78, 5) is 21.8. The van der Waals surface area contributed by atoms with Crippen molar-refractivity contribution in [2.24, 2.45) is 0 Å². The summed E-state index contributed by atoms with van der Waals surface area (Å²) in [7, 11) is 4.06. The lowest BCUT2D eigenvalue weighted by molar-refractivity contribution is 0.0717. The molecule has 1 atom stereocenters. The highest BCUT2D eigenvalue weighted by Gasteiger charge is 2.34. The maximum absolute atomic E-state index is 13.1. The predicted octanol–water partition coefficient (Wildman–Crippen LogP) is 6.19. The van der Waals surface area contributed by atoms with Crippen molar-refractivity contribution in [1.82, 2.24) is 9.88 Å². The molecule has 1 aliphatic rings. The van der Waals surface area contributed by atoms with E-state index in [2.05, 4.69) is 29.2 Å². The van der Waals surface area contributed by atoms with Crippen LogP contribution in [0.2, 0.25) is 5.02 Å². The summed E-state index contributed by atoms with van der Waals surface area (Å²) in [6, 6.07) is 21.3. The third-order valence-electron chi connectivity index (χ3n) is 6.01. The van der Waals surface area contributed by atoms with Crippen molar-refractivity contribution in [2.75, 3.05) is 25.5 Å². The molecule has 4 aromatic rings. The molecule has 0 N–H and O–H groups in total. The lowest BCUT2D eigenvalue weighted by atomic mass is 10.0. The third-order valence-corrected chi connectivity index (χ3v) is 6.26. The number of amides is 1. The van der Waals surface area contributed by atoms with Gasteiger partial charge in [-0.2, -0.15) is 0 Å². The predicted molar refractivity (Wildman–Crippen MR) is 128 cm³/mol. The molecule has 5 nitrogen and oxygen atoms in total. The summed E-state index contributed by atoms with van der Waals surface area (Å²) >= 11 is 5.97. The van der Waals surface area contributed by atoms with Gasteiger partial charge in [0.05, 0.1) is 0 Å². The number of likely N-dealkylation sites (tertiary alicyclic amines) is 1. The number of hydrogen-bond acceptors (Lipinski definition) is 4. The molecule has 1 saturated heterocycles. The summed E-state index contributed by atoms with van der Waals surface area (Å²) in [5.41, 5.74) is 5.54. The Morgan fingerprint density at radius 2 is 1.75 bits per heavy atom. The lowest BCUT2D eigenvalue weighted by Crippen LogP contribution is -2.30. The number of rotatable bonds is 4. The van der Waals surface area contributed by atoms with Crippen LogP contribution in [0.15, 0.2) is 71.1 Å². The van der Waals surface area contributed by atoms with Crippen molar-refractivity contribution >= 4 is 34.3 Å². The fraction of sp³-hybridized carbons (Fsp3) is 0.231. The molecule has 0 aliphatic carbocycles. The maximum Gasteiger partial charge on any atom is 0.254 e. The number of halogens is 1. The summed E-state index contributed by atoms with van der Waals surface area (Å²) in [5.74, 6) is 0.577. The zero-order valence-electron chi connectivity index (χ0n) is 18.1. The molecule has 6 heteroatoms. The van der Waals surface area contributed by atoms with Gasteiger partial charge < -0.3 is 14.2 Å². The van der Waals surface area contributed by atoms with Gasteiger partial charge >= 0.3 is 0 Å². The molecule has 1 amide bonds. The van der Waals surface area contributed by atoms with Crippen LogP contribution in [0, 0.1) is 0 Å². The zero-order valence-corrected chi connectivity index (χ0v) is 18.8. The van der Waals surface area contributed by atoms with Crippen molar-refractivity contribution < 1.29 is 9.21 Å². The van der Waals surface area contributed by atoms with Crippen LogP contribution >= 0.6 is 11.6 Å². The molecule has 1 aromatic heterocycles. The topological polar surface area (TPSA) is 49.6 Å². The highest BCUT2D eigenvalue weighted by atomic mass is 35.5. The van der Waals surface area contributed by atoms with E-state index in [1.165, 1.54) is 0 Å². The van der Waals surface area contributed by atoms with Gasteiger partial charge in [-0.1, -0.05) is 29.8 Å². The molecule has 0 spiro atoms. The van der Waals surface area contributed by atoms with Crippen LogP contribution in [0.4, 0.5) is 5.69 Å². The second kappa shape index (κ2) is 8.32. The van der Waals surface area contributed by atoms with Crippen LogP contribution < -0.4 is 4.90 Å². The van der Waals surface area contributed by atoms with Crippen LogP contribution in [0.3, 0.4) is 0 Å². The van der Waals surface area contributed by atoms with Crippen molar-refractivity contribution in [3.8, 4) is 11.1 Å². The minimum Gasteiger partial charge on any atom is -0.438 e. The number of benzene rings is 3. The standard InChI is InChI=1S/C26H24ClN3O2/c1-29(2)21-12-7-17(8-13-21)19-9-14-24-22(16-19)28-25(32-24)23-4-3-15-30(23)26(31)18-5-10-20(27)11-6-18/h5-14,16,23H,3-4,15H2,1-2H3/t23-/m1/s1. The van der Waals surface area contributed by atoms with Crippen molar-refractivity contribution in [1.29, 1.82) is 0 Å². The summed E-state index contributed by atoms with van der Waals surface area (Å²) in [6.45, 7) is 0.689. The van der Waals surface area contributed by atoms with E-state index in [1.54, 1.807) is 24.3 Å². The van der Waals surface area contributed by atoms with Crippen LogP contribution in [0.5, 0.6) is 0 Å². The van der Waals surface area contributed by atoms with Crippen molar-refractivity contribution in [2.45, 2.75) is 18.9 Å². The van der Waals surface area contributed by atoms with E-state index in [4.69, 9.17) is 21.0 Å². The van der Waals surface area contributed by atoms with E-state index >= 15 is 0 Å². The number of aromatic nitrogens is 1. The number of anilines is 1. The first-order valence-corrected chi connectivity index (χ1v) is 11.1. The van der Waals surface area contributed by atoms with E-state index in [0.29, 0.717) is 23.0 Å². The van der Waals surface area contributed by atoms with Crippen LogP contribution in [-0.2, 0) is 0 Å². The van der Waals surface area contributed by atoms with Gasteiger partial charge in [-0.15, -0.1) is 0 Å². The first-order valence-electron chi connectivity index (χ1n) is 10.7. The van der Waals surface area contributed by atoms with E-state index in [-0.39, 0.29) is 11.9 Å². The molecule has 1 fully saturated rings. The zero-order chi connectivity index (χ0) is 22.2. The van der Waals surface area contributed by atoms with Gasteiger partial charge in [0.25, 0.3) is 5.91 Å². The molecule has 32 heavy (non-hydrogen) atoms. The van der Waals surface area contributed by atoms with Gasteiger partial charge in [-0.05, 0) is 72.5 Å².